The summed E-state index contributed by atoms with van der Waals surface area (Å²) in [4.78, 5) is 15.1. The number of carbonyl (C=O) groups is 1. The molecule has 0 radical (unpaired) electrons. The monoisotopic (exact) mass is 313 g/mol. The predicted molar refractivity (Wildman–Crippen MR) is 76.6 cm³/mol. The molecule has 1 saturated heterocycles. The van der Waals surface area contributed by atoms with Gasteiger partial charge in [0.2, 0.25) is 0 Å². The van der Waals surface area contributed by atoms with Crippen molar-refractivity contribution in [3.63, 3.8) is 0 Å². The first kappa shape index (κ1) is 15.9. The average molecular weight is 313 g/mol. The van der Waals surface area contributed by atoms with Crippen molar-refractivity contribution in [2.45, 2.75) is 19.4 Å². The molecule has 8 heteroatoms. The minimum atomic E-state index is -3.66. The number of rotatable bonds is 5. The van der Waals surface area contributed by atoms with Gasteiger partial charge < -0.3 is 5.11 Å². The molecule has 1 aliphatic heterocycles. The van der Waals surface area contributed by atoms with Gasteiger partial charge >= 0.3 is 5.97 Å². The number of nitrogens with zero attached hydrogens (tertiary/aromatic N) is 3. The highest BCUT2D eigenvalue weighted by atomic mass is 32.2. The SMILES string of the molecule is CN(Cc1ccccn1)S(=O)(=O)N1CCCC(C(=O)O)C1. The number of hydrogen-bond acceptors (Lipinski definition) is 4. The molecule has 1 aromatic rings. The molecule has 2 heterocycles. The van der Waals surface area contributed by atoms with E-state index in [9.17, 15) is 13.2 Å². The van der Waals surface area contributed by atoms with Crippen LogP contribution in [0.4, 0.5) is 0 Å². The quantitative estimate of drug-likeness (QED) is 0.857. The van der Waals surface area contributed by atoms with Crippen LogP contribution < -0.4 is 0 Å². The Morgan fingerprint density at radius 2 is 2.29 bits per heavy atom. The van der Waals surface area contributed by atoms with Crippen LogP contribution >= 0.6 is 0 Å². The Hall–Kier alpha value is -1.51. The number of aliphatic carboxylic acids is 1. The maximum Gasteiger partial charge on any atom is 0.307 e. The van der Waals surface area contributed by atoms with E-state index in [1.165, 1.54) is 15.7 Å². The van der Waals surface area contributed by atoms with Gasteiger partial charge in [0.15, 0.2) is 0 Å². The third-order valence-electron chi connectivity index (χ3n) is 3.56. The first-order valence-corrected chi connectivity index (χ1v) is 8.15. The van der Waals surface area contributed by atoms with Crippen LogP contribution in [0.5, 0.6) is 0 Å². The van der Waals surface area contributed by atoms with Gasteiger partial charge in [-0.25, -0.2) is 0 Å². The zero-order valence-corrected chi connectivity index (χ0v) is 12.7. The lowest BCUT2D eigenvalue weighted by molar-refractivity contribution is -0.142. The van der Waals surface area contributed by atoms with Crippen LogP contribution in [0.25, 0.3) is 0 Å². The van der Waals surface area contributed by atoms with Crippen molar-refractivity contribution >= 4 is 16.2 Å². The highest BCUT2D eigenvalue weighted by Crippen LogP contribution is 2.21. The number of carboxylic acids is 1. The lowest BCUT2D eigenvalue weighted by Crippen LogP contribution is -2.47. The second-order valence-electron chi connectivity index (χ2n) is 5.12. The van der Waals surface area contributed by atoms with Crippen LogP contribution in [0.1, 0.15) is 18.5 Å². The van der Waals surface area contributed by atoms with Gasteiger partial charge in [0.1, 0.15) is 0 Å². The van der Waals surface area contributed by atoms with Gasteiger partial charge in [0, 0.05) is 26.3 Å². The molecule has 0 saturated carbocycles. The number of carboxylic acid groups (broad SMARTS) is 1. The second kappa shape index (κ2) is 6.50. The zero-order valence-electron chi connectivity index (χ0n) is 11.8. The number of aromatic nitrogens is 1. The maximum atomic E-state index is 12.5. The Morgan fingerprint density at radius 3 is 2.90 bits per heavy atom. The van der Waals surface area contributed by atoms with Crippen molar-refractivity contribution in [3.8, 4) is 0 Å². The Balaban J connectivity index is 2.08. The summed E-state index contributed by atoms with van der Waals surface area (Å²) in [5.74, 6) is -1.57. The molecule has 0 amide bonds. The average Bonchev–Trinajstić information content (AvgIpc) is 2.48. The molecule has 1 fully saturated rings. The smallest absolute Gasteiger partial charge is 0.307 e. The Bertz CT molecular complexity index is 591. The Kier molecular flexibility index (Phi) is 4.92. The molecule has 1 N–H and O–H groups in total. The van der Waals surface area contributed by atoms with Crippen LogP contribution in [0, 0.1) is 5.92 Å². The summed E-state index contributed by atoms with van der Waals surface area (Å²) in [5, 5.41) is 9.05. The third kappa shape index (κ3) is 3.78. The predicted octanol–water partition coefficient (Wildman–Crippen LogP) is 0.555. The molecule has 0 bridgehead atoms. The normalized spacial score (nSPS) is 20.6. The molecule has 7 nitrogen and oxygen atoms in total. The van der Waals surface area contributed by atoms with Gasteiger partial charge in [-0.05, 0) is 25.0 Å². The van der Waals surface area contributed by atoms with Gasteiger partial charge in [0.25, 0.3) is 10.2 Å². The molecule has 116 valence electrons. The lowest BCUT2D eigenvalue weighted by Gasteiger charge is -2.32. The molecular formula is C13H19N3O4S. The molecule has 0 spiro atoms. The fraction of sp³-hybridized carbons (Fsp3) is 0.538. The summed E-state index contributed by atoms with van der Waals surface area (Å²) in [6.07, 6.45) is 2.69. The topological polar surface area (TPSA) is 90.8 Å². The molecule has 1 aliphatic rings. The fourth-order valence-corrected chi connectivity index (χ4v) is 3.77. The Labute approximate surface area is 124 Å². The van der Waals surface area contributed by atoms with Crippen molar-refractivity contribution < 1.29 is 18.3 Å². The van der Waals surface area contributed by atoms with Crippen molar-refractivity contribution in [1.29, 1.82) is 0 Å². The largest absolute Gasteiger partial charge is 0.481 e. The van der Waals surface area contributed by atoms with Gasteiger partial charge in [-0.2, -0.15) is 17.0 Å². The van der Waals surface area contributed by atoms with Crippen LogP contribution in [0.2, 0.25) is 0 Å². The van der Waals surface area contributed by atoms with E-state index in [4.69, 9.17) is 5.11 Å². The van der Waals surface area contributed by atoms with E-state index in [0.29, 0.717) is 25.1 Å². The lowest BCUT2D eigenvalue weighted by atomic mass is 10.0. The van der Waals surface area contributed by atoms with E-state index in [2.05, 4.69) is 4.98 Å². The molecule has 1 atom stereocenters. The number of piperidine rings is 1. The molecule has 0 aliphatic carbocycles. The van der Waals surface area contributed by atoms with Crippen LogP contribution in [0.3, 0.4) is 0 Å². The summed E-state index contributed by atoms with van der Waals surface area (Å²) in [6.45, 7) is 0.556. The highest BCUT2D eigenvalue weighted by molar-refractivity contribution is 7.86. The number of hydrogen-bond donors (Lipinski definition) is 1. The molecule has 1 unspecified atom stereocenters. The minimum absolute atomic E-state index is 0.0320. The van der Waals surface area contributed by atoms with E-state index in [-0.39, 0.29) is 13.1 Å². The molecule has 0 aromatic carbocycles. The first-order valence-electron chi connectivity index (χ1n) is 6.75. The van der Waals surface area contributed by atoms with Crippen molar-refractivity contribution in [2.75, 3.05) is 20.1 Å². The summed E-state index contributed by atoms with van der Waals surface area (Å²) in [7, 11) is -2.18. The fourth-order valence-electron chi connectivity index (χ4n) is 2.35. The Morgan fingerprint density at radius 1 is 1.52 bits per heavy atom. The third-order valence-corrected chi connectivity index (χ3v) is 5.47. The molecule has 2 rings (SSSR count). The summed E-state index contributed by atoms with van der Waals surface area (Å²) in [5.41, 5.74) is 0.648. The summed E-state index contributed by atoms with van der Waals surface area (Å²) >= 11 is 0. The van der Waals surface area contributed by atoms with Crippen LogP contribution in [0.15, 0.2) is 24.4 Å². The second-order valence-corrected chi connectivity index (χ2v) is 7.16. The maximum absolute atomic E-state index is 12.5. The van der Waals surface area contributed by atoms with E-state index < -0.39 is 22.1 Å². The van der Waals surface area contributed by atoms with Gasteiger partial charge in [0.05, 0.1) is 18.2 Å². The van der Waals surface area contributed by atoms with Gasteiger partial charge in [-0.3, -0.25) is 9.78 Å². The molecule has 1 aromatic heterocycles. The summed E-state index contributed by atoms with van der Waals surface area (Å²) in [6, 6.07) is 5.31. The van der Waals surface area contributed by atoms with Crippen molar-refractivity contribution in [2.24, 2.45) is 5.92 Å². The molecular weight excluding hydrogens is 294 g/mol. The van der Waals surface area contributed by atoms with E-state index in [1.807, 2.05) is 0 Å². The first-order chi connectivity index (χ1) is 9.91. The van der Waals surface area contributed by atoms with Gasteiger partial charge in [-0.1, -0.05) is 6.07 Å². The van der Waals surface area contributed by atoms with E-state index in [0.717, 1.165) is 0 Å². The number of pyridine rings is 1. The standard InChI is InChI=1S/C13H19N3O4S/c1-15(10-12-6-2-3-7-14-12)21(19,20)16-8-4-5-11(9-16)13(17)18/h2-3,6-7,11H,4-5,8-10H2,1H3,(H,17,18). The van der Waals surface area contributed by atoms with E-state index >= 15 is 0 Å². The van der Waals surface area contributed by atoms with E-state index in [1.54, 1.807) is 24.4 Å². The summed E-state index contributed by atoms with van der Waals surface area (Å²) < 4.78 is 27.4. The molecule has 21 heavy (non-hydrogen) atoms. The highest BCUT2D eigenvalue weighted by Gasteiger charge is 2.34. The van der Waals surface area contributed by atoms with Crippen molar-refractivity contribution in [3.05, 3.63) is 30.1 Å². The van der Waals surface area contributed by atoms with Crippen LogP contribution in [-0.2, 0) is 21.5 Å². The minimum Gasteiger partial charge on any atom is -0.481 e. The zero-order chi connectivity index (χ0) is 15.5. The van der Waals surface area contributed by atoms with Crippen LogP contribution in [-0.4, -0.2) is 53.2 Å². The van der Waals surface area contributed by atoms with Gasteiger partial charge in [-0.15, -0.1) is 0 Å². The van der Waals surface area contributed by atoms with Crippen molar-refractivity contribution in [1.82, 2.24) is 13.6 Å².